The van der Waals surface area contributed by atoms with Gasteiger partial charge in [0.2, 0.25) is 5.89 Å². The summed E-state index contributed by atoms with van der Waals surface area (Å²) in [7, 11) is 0. The van der Waals surface area contributed by atoms with Crippen LogP contribution in [0.3, 0.4) is 0 Å². The predicted molar refractivity (Wildman–Crippen MR) is 104 cm³/mol. The molecule has 3 aromatic carbocycles. The van der Waals surface area contributed by atoms with Gasteiger partial charge in [-0.15, -0.1) is 5.10 Å². The van der Waals surface area contributed by atoms with Gasteiger partial charge in [-0.2, -0.15) is 0 Å². The number of para-hydroxylation sites is 1. The lowest BCUT2D eigenvalue weighted by Crippen LogP contribution is -2.12. The lowest BCUT2D eigenvalue weighted by atomic mass is 10.1. The van der Waals surface area contributed by atoms with Gasteiger partial charge in [0.1, 0.15) is 17.3 Å². The molecule has 0 aliphatic carbocycles. The van der Waals surface area contributed by atoms with Gasteiger partial charge in [0.25, 0.3) is 5.91 Å². The van der Waals surface area contributed by atoms with Gasteiger partial charge >= 0.3 is 6.01 Å². The van der Waals surface area contributed by atoms with E-state index in [1.54, 1.807) is 36.4 Å². The molecular formula is C22H16FN3O3. The van der Waals surface area contributed by atoms with Gasteiger partial charge in [0.15, 0.2) is 0 Å². The first-order valence-corrected chi connectivity index (χ1v) is 8.87. The second-order valence-corrected chi connectivity index (χ2v) is 6.20. The molecule has 1 amide bonds. The predicted octanol–water partition coefficient (Wildman–Crippen LogP) is 4.84. The topological polar surface area (TPSA) is 77.3 Å². The van der Waals surface area contributed by atoms with Gasteiger partial charge in [0, 0.05) is 5.56 Å². The Morgan fingerprint density at radius 3 is 2.48 bits per heavy atom. The van der Waals surface area contributed by atoms with Gasteiger partial charge in [-0.3, -0.25) is 10.1 Å². The van der Waals surface area contributed by atoms with Crippen molar-refractivity contribution >= 4 is 11.9 Å². The molecule has 0 spiro atoms. The first-order valence-electron chi connectivity index (χ1n) is 8.87. The van der Waals surface area contributed by atoms with Gasteiger partial charge in [-0.05, 0) is 48.0 Å². The van der Waals surface area contributed by atoms with E-state index in [0.717, 1.165) is 5.56 Å². The number of benzene rings is 3. The number of halogens is 1. The van der Waals surface area contributed by atoms with Crippen LogP contribution in [0.2, 0.25) is 0 Å². The van der Waals surface area contributed by atoms with Crippen molar-refractivity contribution in [2.24, 2.45) is 0 Å². The maximum Gasteiger partial charge on any atom is 0.322 e. The molecule has 0 aliphatic rings. The lowest BCUT2D eigenvalue weighted by molar-refractivity contribution is 0.102. The number of aromatic nitrogens is 2. The van der Waals surface area contributed by atoms with E-state index in [2.05, 4.69) is 15.5 Å². The fourth-order valence-electron chi connectivity index (χ4n) is 2.65. The monoisotopic (exact) mass is 389 g/mol. The van der Waals surface area contributed by atoms with Crippen LogP contribution in [0, 0.1) is 5.82 Å². The summed E-state index contributed by atoms with van der Waals surface area (Å²) in [6.45, 7) is 0. The highest BCUT2D eigenvalue weighted by atomic mass is 19.1. The molecule has 1 N–H and O–H groups in total. The zero-order chi connectivity index (χ0) is 20.1. The number of ether oxygens (including phenoxy) is 1. The van der Waals surface area contributed by atoms with Crippen LogP contribution in [-0.2, 0) is 6.42 Å². The number of hydrogen-bond acceptors (Lipinski definition) is 5. The fourth-order valence-corrected chi connectivity index (χ4v) is 2.65. The van der Waals surface area contributed by atoms with E-state index in [-0.39, 0.29) is 11.8 Å². The molecule has 1 aromatic heterocycles. The third-order valence-electron chi connectivity index (χ3n) is 4.03. The summed E-state index contributed by atoms with van der Waals surface area (Å²) in [4.78, 5) is 12.5. The fraction of sp³-hybridized carbons (Fsp3) is 0.0455. The molecule has 0 radical (unpaired) electrons. The minimum Gasteiger partial charge on any atom is -0.457 e. The van der Waals surface area contributed by atoms with Crippen LogP contribution >= 0.6 is 0 Å². The Kier molecular flexibility index (Phi) is 5.29. The number of rotatable bonds is 6. The van der Waals surface area contributed by atoms with E-state index < -0.39 is 5.91 Å². The van der Waals surface area contributed by atoms with Crippen molar-refractivity contribution in [2.75, 3.05) is 5.32 Å². The number of carbonyl (C=O) groups excluding carboxylic acids is 1. The molecule has 6 nitrogen and oxygen atoms in total. The Hall–Kier alpha value is -4.00. The minimum absolute atomic E-state index is 0.0125. The number of hydrogen-bond donors (Lipinski definition) is 1. The SMILES string of the molecule is O=C(Nc1nnc(Cc2ccc(F)cc2)o1)c1cccc(Oc2ccccc2)c1. The van der Waals surface area contributed by atoms with Crippen LogP contribution in [0.25, 0.3) is 0 Å². The third-order valence-corrected chi connectivity index (χ3v) is 4.03. The highest BCUT2D eigenvalue weighted by molar-refractivity contribution is 6.03. The number of amides is 1. The summed E-state index contributed by atoms with van der Waals surface area (Å²) < 4.78 is 24.2. The summed E-state index contributed by atoms with van der Waals surface area (Å²) >= 11 is 0. The summed E-state index contributed by atoms with van der Waals surface area (Å²) in [5, 5.41) is 10.3. The smallest absolute Gasteiger partial charge is 0.322 e. The van der Waals surface area contributed by atoms with Crippen molar-refractivity contribution < 1.29 is 18.3 Å². The molecule has 0 saturated carbocycles. The molecule has 0 unspecified atom stereocenters. The second kappa shape index (κ2) is 8.35. The summed E-state index contributed by atoms with van der Waals surface area (Å²) in [6.07, 6.45) is 0.337. The molecule has 0 bridgehead atoms. The zero-order valence-electron chi connectivity index (χ0n) is 15.2. The van der Waals surface area contributed by atoms with Gasteiger partial charge in [-0.25, -0.2) is 4.39 Å². The molecule has 144 valence electrons. The molecule has 4 rings (SSSR count). The summed E-state index contributed by atoms with van der Waals surface area (Å²) in [6, 6.07) is 22.0. The van der Waals surface area contributed by atoms with Gasteiger partial charge in [0.05, 0.1) is 6.42 Å². The van der Waals surface area contributed by atoms with Crippen molar-refractivity contribution in [3.8, 4) is 11.5 Å². The lowest BCUT2D eigenvalue weighted by Gasteiger charge is -2.07. The second-order valence-electron chi connectivity index (χ2n) is 6.20. The average molecular weight is 389 g/mol. The molecule has 7 heteroatoms. The molecule has 0 atom stereocenters. The quantitative estimate of drug-likeness (QED) is 0.510. The van der Waals surface area contributed by atoms with Crippen molar-refractivity contribution in [1.29, 1.82) is 0 Å². The van der Waals surface area contributed by atoms with Crippen molar-refractivity contribution in [3.05, 3.63) is 102 Å². The Bertz CT molecular complexity index is 1110. The molecule has 1 heterocycles. The van der Waals surface area contributed by atoms with Gasteiger partial charge < -0.3 is 9.15 Å². The molecule has 0 saturated heterocycles. The maximum absolute atomic E-state index is 13.0. The van der Waals surface area contributed by atoms with E-state index in [4.69, 9.17) is 9.15 Å². The highest BCUT2D eigenvalue weighted by Gasteiger charge is 2.13. The standard InChI is InChI=1S/C22H16FN3O3/c23-17-11-9-15(10-12-17)13-20-25-26-22(29-20)24-21(27)16-5-4-8-19(14-16)28-18-6-2-1-3-7-18/h1-12,14H,13H2,(H,24,26,27). The van der Waals surface area contributed by atoms with E-state index in [1.807, 2.05) is 30.3 Å². The minimum atomic E-state index is -0.402. The van der Waals surface area contributed by atoms with Crippen LogP contribution in [0.15, 0.2) is 83.3 Å². The number of carbonyl (C=O) groups is 1. The average Bonchev–Trinajstić information content (AvgIpc) is 3.17. The Labute approximate surface area is 166 Å². The largest absolute Gasteiger partial charge is 0.457 e. The maximum atomic E-state index is 13.0. The van der Waals surface area contributed by atoms with Crippen LogP contribution < -0.4 is 10.1 Å². The number of anilines is 1. The molecular weight excluding hydrogens is 373 g/mol. The Morgan fingerprint density at radius 1 is 0.931 bits per heavy atom. The third kappa shape index (κ3) is 4.84. The summed E-state index contributed by atoms with van der Waals surface area (Å²) in [5.74, 6) is 0.804. The van der Waals surface area contributed by atoms with Crippen LogP contribution in [0.1, 0.15) is 21.8 Å². The highest BCUT2D eigenvalue weighted by Crippen LogP contribution is 2.22. The van der Waals surface area contributed by atoms with E-state index >= 15 is 0 Å². The first kappa shape index (κ1) is 18.4. The van der Waals surface area contributed by atoms with Crippen LogP contribution in [0.4, 0.5) is 10.4 Å². The van der Waals surface area contributed by atoms with Crippen molar-refractivity contribution in [3.63, 3.8) is 0 Å². The number of nitrogens with zero attached hydrogens (tertiary/aromatic N) is 2. The van der Waals surface area contributed by atoms with Crippen molar-refractivity contribution in [1.82, 2.24) is 10.2 Å². The van der Waals surface area contributed by atoms with Crippen LogP contribution in [0.5, 0.6) is 11.5 Å². The van der Waals surface area contributed by atoms with E-state index in [0.29, 0.717) is 29.4 Å². The number of nitrogens with one attached hydrogen (secondary N) is 1. The molecule has 0 aliphatic heterocycles. The first-order chi connectivity index (χ1) is 14.2. The molecule has 0 fully saturated rings. The zero-order valence-corrected chi connectivity index (χ0v) is 15.2. The normalized spacial score (nSPS) is 10.5. The molecule has 29 heavy (non-hydrogen) atoms. The summed E-state index contributed by atoms with van der Waals surface area (Å²) in [5.41, 5.74) is 1.20. The van der Waals surface area contributed by atoms with E-state index in [1.165, 1.54) is 12.1 Å². The van der Waals surface area contributed by atoms with Crippen LogP contribution in [-0.4, -0.2) is 16.1 Å². The van der Waals surface area contributed by atoms with Crippen molar-refractivity contribution in [2.45, 2.75) is 6.42 Å². The van der Waals surface area contributed by atoms with E-state index in [9.17, 15) is 9.18 Å². The van der Waals surface area contributed by atoms with Gasteiger partial charge in [-0.1, -0.05) is 41.5 Å². The molecule has 4 aromatic rings. The Morgan fingerprint density at radius 2 is 1.69 bits per heavy atom. The Balaban J connectivity index is 1.41.